The summed E-state index contributed by atoms with van der Waals surface area (Å²) in [7, 11) is -4.13. The zero-order valence-corrected chi connectivity index (χ0v) is 62.4. The number of piperazine rings is 1. The fraction of sp³-hybridized carbons (Fsp3) is 0.514. The number of carbonyl (C=O) groups excluding carboxylic acids is 6. The minimum absolute atomic E-state index is 0.0960. The minimum atomic E-state index is -5.66. The molecule has 604 valence electrons. The number of methoxy groups -OCH3 is 2. The van der Waals surface area contributed by atoms with Gasteiger partial charge in [-0.2, -0.15) is 40.2 Å². The highest BCUT2D eigenvalue weighted by Gasteiger charge is 2.57. The molecule has 0 spiro atoms. The quantitative estimate of drug-likeness (QED) is 0.00570. The zero-order valence-electron chi connectivity index (χ0n) is 61.5. The Labute approximate surface area is 629 Å². The molecule has 5 aromatic rings. The molecule has 5 heterocycles. The number of carboxylic acids is 2. The number of nitrogens with one attached hydrogen (secondary N) is 2. The number of ether oxygens (including phenoxy) is 4. The number of esters is 2. The highest BCUT2D eigenvalue weighted by Crippen LogP contribution is 2.48. The molecule has 3 saturated heterocycles. The molecule has 8 rings (SSSR count). The fourth-order valence-electron chi connectivity index (χ4n) is 13.7. The van der Waals surface area contributed by atoms with E-state index in [9.17, 15) is 62.1 Å². The number of nitrogens with zero attached hydrogens (tertiary/aromatic N) is 8. The largest absolute Gasteiger partial charge is 0.524 e. The van der Waals surface area contributed by atoms with Crippen LogP contribution in [0, 0.1) is 53.1 Å². The second-order valence-corrected chi connectivity index (χ2v) is 30.2. The number of ketones is 1. The van der Waals surface area contributed by atoms with Crippen LogP contribution in [0.15, 0.2) is 73.2 Å². The summed E-state index contributed by atoms with van der Waals surface area (Å²) in [6, 6.07) is 8.45. The lowest BCUT2D eigenvalue weighted by Gasteiger charge is -2.47. The van der Waals surface area contributed by atoms with Crippen molar-refractivity contribution in [2.75, 3.05) is 65.1 Å². The van der Waals surface area contributed by atoms with Gasteiger partial charge in [0, 0.05) is 90.3 Å². The van der Waals surface area contributed by atoms with Crippen LogP contribution < -0.4 is 20.2 Å². The lowest BCUT2D eigenvalue weighted by atomic mass is 9.75. The van der Waals surface area contributed by atoms with Gasteiger partial charge in [0.05, 0.1) is 87.3 Å². The van der Waals surface area contributed by atoms with Crippen molar-refractivity contribution in [3.8, 4) is 28.8 Å². The SMILES string of the molecule is COC(=O)C[C@H](C(=O)NN(Cc1c(F)cc(-c2ccn(C(F)F)n2)cc1F)C[C@H](OC(=O)CC(C)(C)c1c(CC(=O)N(CC(=O)O)CC(=O)O)cc(C)cc1OP(=O)(O)O)[C@@H](CC(=O)[C@@H](NC(=O)OC)C(C)(C)C(F)(F)F)Cc1ccc(C#Cc2cnc(N3CC4CCC(C3)N4C3COC3)nc2)cc1)C(C)(C)C(F)(F)F. The summed E-state index contributed by atoms with van der Waals surface area (Å²) in [4.78, 5) is 144. The number of aromatic nitrogens is 4. The summed E-state index contributed by atoms with van der Waals surface area (Å²) in [5.74, 6) is -12.6. The van der Waals surface area contributed by atoms with Gasteiger partial charge in [-0.25, -0.2) is 37.8 Å². The van der Waals surface area contributed by atoms with Gasteiger partial charge in [-0.05, 0) is 93.1 Å². The van der Waals surface area contributed by atoms with Crippen molar-refractivity contribution in [3.63, 3.8) is 0 Å². The van der Waals surface area contributed by atoms with E-state index in [0.717, 1.165) is 45.4 Å². The van der Waals surface area contributed by atoms with Gasteiger partial charge in [0.1, 0.15) is 42.6 Å². The van der Waals surface area contributed by atoms with Gasteiger partial charge in [-0.3, -0.25) is 53.7 Å². The highest BCUT2D eigenvalue weighted by molar-refractivity contribution is 7.46. The molecule has 3 fully saturated rings. The van der Waals surface area contributed by atoms with Crippen LogP contribution in [0.1, 0.15) is 119 Å². The minimum Gasteiger partial charge on any atom is -0.480 e. The molecule has 28 nitrogen and oxygen atoms in total. The molecule has 0 radical (unpaired) electrons. The number of anilines is 1. The number of phosphoric acid groups is 1. The molecule has 0 aliphatic carbocycles. The Balaban J connectivity index is 1.28. The van der Waals surface area contributed by atoms with Crippen molar-refractivity contribution < 1.29 is 130 Å². The van der Waals surface area contributed by atoms with Crippen LogP contribution in [-0.4, -0.2) is 205 Å². The Bertz CT molecular complexity index is 4320. The predicted molar refractivity (Wildman–Crippen MR) is 370 cm³/mol. The van der Waals surface area contributed by atoms with E-state index in [0.29, 0.717) is 111 Å². The standard InChI is InChI=1S/C72H83F10N10O18P/c1-39-20-45(26-57(94)88(35-58(95)96)36-59(97)98)62(55(21-39)110-111(103,104)105)68(2,3)28-61(100)109-56(34-90(87-64(101)50(27-60(99)106-8)69(4,5)71(77,78)79)33-49-51(73)23-43(24-52(49)74)53-18-19-91(86-53)65(75)76)44(25-54(93)63(85-67(102)107-9)70(6,7)72(80,81)82)22-41-13-10-40(11-14-41)12-15-42-29-83-66(84-30-42)89-31-46-16-17-47(32-89)92(46)48-37-108-38-48/h10-11,13-14,18-21,23-24,29-30,44,46-48,50,56,63,65H,16-17,22,25-28,31-38H2,1-9H3,(H,85,102)(H,87,101)(H,95,96)(H,97,98)(H2,103,104,105)/t44-,46?,47?,50-,56+,63-/m1/s1. The van der Waals surface area contributed by atoms with Crippen molar-refractivity contribution in [1.82, 2.24) is 45.3 Å². The molecular formula is C72H83F10N10O18P. The van der Waals surface area contributed by atoms with E-state index in [1.807, 2.05) is 5.32 Å². The van der Waals surface area contributed by atoms with E-state index in [4.69, 9.17) is 14.0 Å². The lowest BCUT2D eigenvalue weighted by molar-refractivity contribution is -0.231. The van der Waals surface area contributed by atoms with Gasteiger partial charge in [-0.15, -0.1) is 0 Å². The molecule has 6 atom stereocenters. The van der Waals surface area contributed by atoms with E-state index in [1.165, 1.54) is 63.5 Å². The maximum Gasteiger partial charge on any atom is 0.524 e. The molecule has 39 heteroatoms. The molecule has 2 bridgehead atoms. The predicted octanol–water partition coefficient (Wildman–Crippen LogP) is 8.80. The molecule has 3 amide bonds. The number of alkyl halides is 8. The van der Waals surface area contributed by atoms with Crippen LogP contribution >= 0.6 is 7.82 Å². The summed E-state index contributed by atoms with van der Waals surface area (Å²) < 4.78 is 192. The number of hydrogen-bond donors (Lipinski definition) is 6. The van der Waals surface area contributed by atoms with Crippen LogP contribution in [0.5, 0.6) is 5.75 Å². The second kappa shape index (κ2) is 35.3. The fourth-order valence-corrected chi connectivity index (χ4v) is 14.1. The molecule has 111 heavy (non-hydrogen) atoms. The number of amides is 3. The molecule has 3 aliphatic heterocycles. The average molecular weight is 1600 g/mol. The summed E-state index contributed by atoms with van der Waals surface area (Å²) in [5, 5.41) is 25.2. The first-order valence-electron chi connectivity index (χ1n) is 34.5. The Morgan fingerprint density at radius 1 is 0.766 bits per heavy atom. The normalized spacial score (nSPS) is 16.8. The number of rotatable bonds is 33. The van der Waals surface area contributed by atoms with E-state index < -0.39 is 213 Å². The second-order valence-electron chi connectivity index (χ2n) is 29.0. The number of halogens is 10. The summed E-state index contributed by atoms with van der Waals surface area (Å²) in [6.07, 6.45) is -14.0. The van der Waals surface area contributed by atoms with Gasteiger partial charge >= 0.3 is 56.7 Å². The first kappa shape index (κ1) is 86.8. The third-order valence-electron chi connectivity index (χ3n) is 19.7. The van der Waals surface area contributed by atoms with Crippen LogP contribution in [0.4, 0.5) is 54.6 Å². The topological polar surface area (TPSA) is 361 Å². The van der Waals surface area contributed by atoms with Crippen molar-refractivity contribution >= 4 is 61.3 Å². The zero-order chi connectivity index (χ0) is 82.2. The number of benzene rings is 3. The maximum absolute atomic E-state index is 16.9. The Morgan fingerprint density at radius 2 is 1.35 bits per heavy atom. The number of hydrazine groups is 1. The third-order valence-corrected chi connectivity index (χ3v) is 20.2. The van der Waals surface area contributed by atoms with E-state index >= 15 is 44.7 Å². The monoisotopic (exact) mass is 1600 g/mol. The number of Topliss-reactive ketones (excluding diaryl/α,β-unsaturated/α-hetero) is 1. The summed E-state index contributed by atoms with van der Waals surface area (Å²) in [6.45, 7) is 0.340. The molecule has 3 aliphatic rings. The van der Waals surface area contributed by atoms with Crippen molar-refractivity contribution in [2.24, 2.45) is 22.7 Å². The number of hydrogen-bond acceptors (Lipinski definition) is 20. The maximum atomic E-state index is 16.9. The molecule has 6 N–H and O–H groups in total. The highest BCUT2D eigenvalue weighted by atomic mass is 31.2. The molecule has 2 unspecified atom stereocenters. The van der Waals surface area contributed by atoms with Gasteiger partial charge in [0.2, 0.25) is 17.8 Å². The van der Waals surface area contributed by atoms with Crippen molar-refractivity contribution in [2.45, 2.75) is 155 Å². The number of alkyl carbamates (subject to hydrolysis) is 1. The number of aliphatic carboxylic acids is 2. The number of fused-ring (bicyclic) bond motifs is 2. The number of carbonyl (C=O) groups is 8. The first-order valence-corrected chi connectivity index (χ1v) is 36.0. The number of phosphoric ester groups is 1. The summed E-state index contributed by atoms with van der Waals surface area (Å²) in [5.41, 5.74) is -8.12. The van der Waals surface area contributed by atoms with E-state index in [-0.39, 0.29) is 21.4 Å². The smallest absolute Gasteiger partial charge is 0.480 e. The van der Waals surface area contributed by atoms with Gasteiger partial charge in [-0.1, -0.05) is 57.7 Å². The first-order chi connectivity index (χ1) is 51.7. The number of carboxylic acid groups (broad SMARTS) is 2. The average Bonchev–Trinajstić information content (AvgIpc) is 1.76. The third kappa shape index (κ3) is 22.1. The van der Waals surface area contributed by atoms with E-state index in [2.05, 4.69) is 51.6 Å². The Morgan fingerprint density at radius 3 is 1.86 bits per heavy atom. The lowest BCUT2D eigenvalue weighted by Crippen LogP contribution is -2.62. The van der Waals surface area contributed by atoms with Gasteiger partial charge in [0.15, 0.2) is 5.78 Å². The van der Waals surface area contributed by atoms with Crippen molar-refractivity contribution in [1.29, 1.82) is 0 Å². The molecule has 2 aromatic heterocycles. The van der Waals surface area contributed by atoms with Crippen LogP contribution in [0.25, 0.3) is 11.3 Å². The number of aryl methyl sites for hydroxylation is 1. The Hall–Kier alpha value is -9.80. The van der Waals surface area contributed by atoms with Gasteiger partial charge in [0.25, 0.3) is 0 Å². The molecular weight excluding hydrogens is 1510 g/mol. The van der Waals surface area contributed by atoms with E-state index in [1.54, 1.807) is 0 Å². The van der Waals surface area contributed by atoms with Crippen LogP contribution in [-0.2, 0) is 81.9 Å². The van der Waals surface area contributed by atoms with Crippen molar-refractivity contribution in [3.05, 3.63) is 124 Å². The Kier molecular flexibility index (Phi) is 27.6. The molecule has 3 aromatic carbocycles. The van der Waals surface area contributed by atoms with Gasteiger partial charge < -0.3 is 48.8 Å². The van der Waals surface area contributed by atoms with Crippen LogP contribution in [0.2, 0.25) is 0 Å². The molecule has 0 saturated carbocycles. The van der Waals surface area contributed by atoms with Crippen LogP contribution in [0.3, 0.4) is 0 Å². The summed E-state index contributed by atoms with van der Waals surface area (Å²) >= 11 is 0.